The second-order valence-corrected chi connectivity index (χ2v) is 5.11. The molecular weight excluding hydrogens is 278 g/mol. The maximum absolute atomic E-state index is 12.4. The van der Waals surface area contributed by atoms with Crippen molar-refractivity contribution in [2.45, 2.75) is 26.8 Å². The molecule has 0 unspecified atom stereocenters. The molecule has 0 bridgehead atoms. The normalized spacial score (nSPS) is 10.4. The second kappa shape index (κ2) is 7.45. The molecule has 0 saturated carbocycles. The zero-order chi connectivity index (χ0) is 15.9. The molecule has 0 radical (unpaired) electrons. The average molecular weight is 299 g/mol. The van der Waals surface area contributed by atoms with Gasteiger partial charge in [0.2, 0.25) is 0 Å². The van der Waals surface area contributed by atoms with Crippen molar-refractivity contribution in [3.8, 4) is 5.75 Å². The van der Waals surface area contributed by atoms with Crippen molar-refractivity contribution in [1.82, 2.24) is 4.98 Å². The van der Waals surface area contributed by atoms with E-state index in [0.29, 0.717) is 23.7 Å². The molecule has 0 aliphatic rings. The third-order valence-corrected chi connectivity index (χ3v) is 2.88. The Morgan fingerprint density at radius 3 is 2.77 bits per heavy atom. The van der Waals surface area contributed by atoms with Crippen LogP contribution in [-0.4, -0.2) is 23.5 Å². The molecule has 1 amide bonds. The quantitative estimate of drug-likeness (QED) is 0.856. The first kappa shape index (κ1) is 15.8. The van der Waals surface area contributed by atoms with Crippen molar-refractivity contribution in [3.05, 3.63) is 48.3 Å². The lowest BCUT2D eigenvalue weighted by molar-refractivity contribution is 0.102. The number of ether oxygens (including phenoxy) is 1. The van der Waals surface area contributed by atoms with Crippen LogP contribution in [0.15, 0.2) is 42.6 Å². The summed E-state index contributed by atoms with van der Waals surface area (Å²) in [5.74, 6) is 0.384. The maximum Gasteiger partial charge on any atom is 0.274 e. The van der Waals surface area contributed by atoms with Gasteiger partial charge in [0.15, 0.2) is 0 Å². The van der Waals surface area contributed by atoms with Crippen LogP contribution in [-0.2, 0) is 0 Å². The lowest BCUT2D eigenvalue weighted by atomic mass is 10.2. The minimum Gasteiger partial charge on any atom is -0.492 e. The minimum absolute atomic E-state index is 0.264. The molecule has 1 aromatic heterocycles. The first-order valence-electron chi connectivity index (χ1n) is 7.36. The molecule has 22 heavy (non-hydrogen) atoms. The summed E-state index contributed by atoms with van der Waals surface area (Å²) in [6.07, 6.45) is 1.62. The van der Waals surface area contributed by atoms with Crippen molar-refractivity contribution in [2.75, 3.05) is 17.2 Å². The molecule has 5 nitrogen and oxygen atoms in total. The largest absolute Gasteiger partial charge is 0.492 e. The zero-order valence-corrected chi connectivity index (χ0v) is 13.1. The van der Waals surface area contributed by atoms with Gasteiger partial charge < -0.3 is 15.4 Å². The van der Waals surface area contributed by atoms with Gasteiger partial charge in [0.1, 0.15) is 11.4 Å². The summed E-state index contributed by atoms with van der Waals surface area (Å²) in [5.41, 5.74) is 1.86. The van der Waals surface area contributed by atoms with Gasteiger partial charge in [-0.2, -0.15) is 0 Å². The van der Waals surface area contributed by atoms with Crippen LogP contribution in [0.1, 0.15) is 31.3 Å². The number of hydrogen-bond donors (Lipinski definition) is 2. The van der Waals surface area contributed by atoms with Gasteiger partial charge in [0.05, 0.1) is 12.3 Å². The van der Waals surface area contributed by atoms with Gasteiger partial charge in [-0.25, -0.2) is 0 Å². The van der Waals surface area contributed by atoms with E-state index in [2.05, 4.69) is 15.6 Å². The standard InChI is InChI=1S/C17H21N3O2/c1-4-22-16-8-6-5-7-14(16)20-17(21)15-11-13(9-10-18-15)19-12(2)3/h5-12H,4H2,1-3H3,(H,18,19)(H,20,21). The number of carbonyl (C=O) groups is 1. The Morgan fingerprint density at radius 2 is 2.05 bits per heavy atom. The highest BCUT2D eigenvalue weighted by Crippen LogP contribution is 2.24. The Kier molecular flexibility index (Phi) is 5.36. The summed E-state index contributed by atoms with van der Waals surface area (Å²) in [6, 6.07) is 11.2. The molecule has 5 heteroatoms. The monoisotopic (exact) mass is 299 g/mol. The highest BCUT2D eigenvalue weighted by atomic mass is 16.5. The Balaban J connectivity index is 2.15. The predicted molar refractivity (Wildman–Crippen MR) is 88.6 cm³/mol. The van der Waals surface area contributed by atoms with Gasteiger partial charge in [-0.1, -0.05) is 12.1 Å². The molecule has 2 aromatic rings. The molecule has 0 spiro atoms. The van der Waals surface area contributed by atoms with E-state index in [1.54, 1.807) is 18.3 Å². The van der Waals surface area contributed by atoms with E-state index in [4.69, 9.17) is 4.74 Å². The Hall–Kier alpha value is -2.56. The third-order valence-electron chi connectivity index (χ3n) is 2.88. The van der Waals surface area contributed by atoms with Crippen LogP contribution in [0.25, 0.3) is 0 Å². The summed E-state index contributed by atoms with van der Waals surface area (Å²) in [4.78, 5) is 16.5. The number of rotatable bonds is 6. The molecule has 0 aliphatic heterocycles. The van der Waals surface area contributed by atoms with E-state index < -0.39 is 0 Å². The summed E-state index contributed by atoms with van der Waals surface area (Å²) >= 11 is 0. The number of pyridine rings is 1. The van der Waals surface area contributed by atoms with Gasteiger partial charge in [0.25, 0.3) is 5.91 Å². The number of para-hydroxylation sites is 2. The Labute approximate surface area is 130 Å². The number of benzene rings is 1. The highest BCUT2D eigenvalue weighted by Gasteiger charge is 2.11. The summed E-state index contributed by atoms with van der Waals surface area (Å²) in [7, 11) is 0. The molecule has 116 valence electrons. The summed E-state index contributed by atoms with van der Waals surface area (Å²) in [6.45, 7) is 6.52. The van der Waals surface area contributed by atoms with Crippen LogP contribution in [0.4, 0.5) is 11.4 Å². The Morgan fingerprint density at radius 1 is 1.27 bits per heavy atom. The Bertz CT molecular complexity index is 641. The fourth-order valence-electron chi connectivity index (χ4n) is 2.02. The predicted octanol–water partition coefficient (Wildman–Crippen LogP) is 3.55. The van der Waals surface area contributed by atoms with Crippen molar-refractivity contribution in [1.29, 1.82) is 0 Å². The molecule has 1 heterocycles. The van der Waals surface area contributed by atoms with E-state index in [1.807, 2.05) is 45.0 Å². The molecule has 0 fully saturated rings. The van der Waals surface area contributed by atoms with E-state index in [9.17, 15) is 4.79 Å². The molecule has 1 aromatic carbocycles. The van der Waals surface area contributed by atoms with Crippen molar-refractivity contribution in [3.63, 3.8) is 0 Å². The number of nitrogens with zero attached hydrogens (tertiary/aromatic N) is 1. The lowest BCUT2D eigenvalue weighted by Gasteiger charge is -2.12. The smallest absolute Gasteiger partial charge is 0.274 e. The number of aromatic nitrogens is 1. The van der Waals surface area contributed by atoms with Gasteiger partial charge in [-0.3, -0.25) is 9.78 Å². The van der Waals surface area contributed by atoms with Crippen LogP contribution in [0, 0.1) is 0 Å². The summed E-state index contributed by atoms with van der Waals surface area (Å²) in [5, 5.41) is 6.09. The van der Waals surface area contributed by atoms with Crippen LogP contribution in [0.5, 0.6) is 5.75 Å². The van der Waals surface area contributed by atoms with Gasteiger partial charge in [-0.15, -0.1) is 0 Å². The number of carbonyl (C=O) groups excluding carboxylic acids is 1. The molecular formula is C17H21N3O2. The SMILES string of the molecule is CCOc1ccccc1NC(=O)c1cc(NC(C)C)ccn1. The second-order valence-electron chi connectivity index (χ2n) is 5.11. The molecule has 0 saturated heterocycles. The lowest BCUT2D eigenvalue weighted by Crippen LogP contribution is -2.16. The number of hydrogen-bond acceptors (Lipinski definition) is 4. The van der Waals surface area contributed by atoms with E-state index >= 15 is 0 Å². The van der Waals surface area contributed by atoms with Gasteiger partial charge in [0, 0.05) is 17.9 Å². The summed E-state index contributed by atoms with van der Waals surface area (Å²) < 4.78 is 5.50. The fourth-order valence-corrected chi connectivity index (χ4v) is 2.02. The number of amides is 1. The van der Waals surface area contributed by atoms with Crippen molar-refractivity contribution >= 4 is 17.3 Å². The first-order chi connectivity index (χ1) is 10.6. The molecule has 2 rings (SSSR count). The highest BCUT2D eigenvalue weighted by molar-refractivity contribution is 6.04. The maximum atomic E-state index is 12.4. The third kappa shape index (κ3) is 4.22. The topological polar surface area (TPSA) is 63.2 Å². The van der Waals surface area contributed by atoms with E-state index in [0.717, 1.165) is 5.69 Å². The molecule has 0 atom stereocenters. The van der Waals surface area contributed by atoms with E-state index in [-0.39, 0.29) is 11.9 Å². The van der Waals surface area contributed by atoms with Crippen LogP contribution in [0.2, 0.25) is 0 Å². The fraction of sp³-hybridized carbons (Fsp3) is 0.294. The molecule has 0 aliphatic carbocycles. The van der Waals surface area contributed by atoms with Crippen LogP contribution < -0.4 is 15.4 Å². The van der Waals surface area contributed by atoms with Crippen LogP contribution in [0.3, 0.4) is 0 Å². The average Bonchev–Trinajstić information content (AvgIpc) is 2.49. The zero-order valence-electron chi connectivity index (χ0n) is 13.1. The van der Waals surface area contributed by atoms with Gasteiger partial charge >= 0.3 is 0 Å². The number of anilines is 2. The van der Waals surface area contributed by atoms with Crippen molar-refractivity contribution < 1.29 is 9.53 Å². The first-order valence-corrected chi connectivity index (χ1v) is 7.36. The minimum atomic E-state index is -0.264. The van der Waals surface area contributed by atoms with Gasteiger partial charge in [-0.05, 0) is 45.0 Å². The van der Waals surface area contributed by atoms with E-state index in [1.165, 1.54) is 0 Å². The van der Waals surface area contributed by atoms with Crippen molar-refractivity contribution in [2.24, 2.45) is 0 Å². The molecule has 2 N–H and O–H groups in total. The number of nitrogens with one attached hydrogen (secondary N) is 2. The van der Waals surface area contributed by atoms with Crippen LogP contribution >= 0.6 is 0 Å².